The molecule has 0 radical (unpaired) electrons. The molecule has 0 fully saturated rings. The molecule has 0 aliphatic heterocycles. The number of phosphoric acid groups is 1. The van der Waals surface area contributed by atoms with E-state index in [4.69, 9.17) is 15.5 Å². The van der Waals surface area contributed by atoms with Crippen LogP contribution < -0.4 is 10.3 Å². The molecule has 0 heterocycles. The van der Waals surface area contributed by atoms with Gasteiger partial charge < -0.3 is 15.4 Å². The fourth-order valence-corrected chi connectivity index (χ4v) is 1.89. The van der Waals surface area contributed by atoms with Crippen LogP contribution in [0.15, 0.2) is 30.3 Å². The molecular formula is C10H10NO5P. The van der Waals surface area contributed by atoms with Crippen molar-refractivity contribution in [2.45, 2.75) is 0 Å². The molecule has 2 aromatic carbocycles. The number of phenolic OH excluding ortho intramolecular Hbond substituents is 1. The molecule has 90 valence electrons. The summed E-state index contributed by atoms with van der Waals surface area (Å²) >= 11 is 0. The molecule has 0 aromatic heterocycles. The van der Waals surface area contributed by atoms with Crippen molar-refractivity contribution < 1.29 is 24.0 Å². The van der Waals surface area contributed by atoms with Gasteiger partial charge in [-0.2, -0.15) is 0 Å². The van der Waals surface area contributed by atoms with Crippen LogP contribution in [0.3, 0.4) is 0 Å². The van der Waals surface area contributed by atoms with E-state index >= 15 is 0 Å². The molecule has 0 bridgehead atoms. The van der Waals surface area contributed by atoms with E-state index in [0.29, 0.717) is 16.5 Å². The Bertz CT molecular complexity index is 621. The van der Waals surface area contributed by atoms with Crippen LogP contribution in [0, 0.1) is 0 Å². The van der Waals surface area contributed by atoms with Crippen molar-refractivity contribution in [1.82, 2.24) is 0 Å². The van der Waals surface area contributed by atoms with Crippen molar-refractivity contribution in [2.24, 2.45) is 0 Å². The van der Waals surface area contributed by atoms with Crippen molar-refractivity contribution in [2.75, 3.05) is 5.73 Å². The molecule has 0 saturated heterocycles. The summed E-state index contributed by atoms with van der Waals surface area (Å²) in [5, 5.41) is 10.8. The number of anilines is 1. The van der Waals surface area contributed by atoms with Gasteiger partial charge in [0.2, 0.25) is 0 Å². The Morgan fingerprint density at radius 1 is 1.12 bits per heavy atom. The maximum atomic E-state index is 10.7. The molecule has 0 aliphatic rings. The fraction of sp³-hybridized carbons (Fsp3) is 0. The quantitative estimate of drug-likeness (QED) is 0.479. The molecule has 2 aromatic rings. The van der Waals surface area contributed by atoms with Gasteiger partial charge in [-0.3, -0.25) is 9.79 Å². The zero-order valence-electron chi connectivity index (χ0n) is 8.57. The highest BCUT2D eigenvalue weighted by Crippen LogP contribution is 2.43. The summed E-state index contributed by atoms with van der Waals surface area (Å²) in [7, 11) is -4.70. The standard InChI is InChI=1S/C10H10NO5P/c11-8-2-1-6-4-9(12)10(5-7(6)3-8)16-17(13,14)15/h1-5,12H,11H2,(H2,13,14,15). The minimum atomic E-state index is -4.70. The van der Waals surface area contributed by atoms with E-state index in [2.05, 4.69) is 4.52 Å². The third-order valence-corrected chi connectivity index (χ3v) is 2.59. The minimum Gasteiger partial charge on any atom is -0.504 e. The molecule has 0 aliphatic carbocycles. The Hall–Kier alpha value is -1.75. The average molecular weight is 255 g/mol. The molecule has 17 heavy (non-hydrogen) atoms. The highest BCUT2D eigenvalue weighted by molar-refractivity contribution is 7.46. The molecule has 0 atom stereocenters. The van der Waals surface area contributed by atoms with Crippen molar-refractivity contribution >= 4 is 24.3 Å². The van der Waals surface area contributed by atoms with Crippen molar-refractivity contribution in [3.8, 4) is 11.5 Å². The van der Waals surface area contributed by atoms with E-state index < -0.39 is 7.82 Å². The number of rotatable bonds is 2. The molecule has 0 amide bonds. The number of benzene rings is 2. The summed E-state index contributed by atoms with van der Waals surface area (Å²) in [5.41, 5.74) is 6.09. The van der Waals surface area contributed by atoms with Crippen LogP contribution in [-0.2, 0) is 4.57 Å². The average Bonchev–Trinajstić information content (AvgIpc) is 2.17. The second-order valence-corrected chi connectivity index (χ2v) is 4.67. The van der Waals surface area contributed by atoms with Gasteiger partial charge in [0.25, 0.3) is 0 Å². The van der Waals surface area contributed by atoms with Gasteiger partial charge in [0, 0.05) is 5.69 Å². The molecule has 0 unspecified atom stereocenters. The number of nitrogen functional groups attached to an aromatic ring is 1. The van der Waals surface area contributed by atoms with E-state index in [1.54, 1.807) is 18.2 Å². The lowest BCUT2D eigenvalue weighted by Crippen LogP contribution is -1.91. The lowest BCUT2D eigenvalue weighted by atomic mass is 10.1. The summed E-state index contributed by atoms with van der Waals surface area (Å²) < 4.78 is 15.0. The van der Waals surface area contributed by atoms with Gasteiger partial charge in [0.05, 0.1) is 0 Å². The van der Waals surface area contributed by atoms with Gasteiger partial charge in [0.1, 0.15) is 0 Å². The van der Waals surface area contributed by atoms with E-state index in [1.807, 2.05) is 0 Å². The third-order valence-electron chi connectivity index (χ3n) is 2.16. The van der Waals surface area contributed by atoms with Gasteiger partial charge in [-0.25, -0.2) is 4.57 Å². The van der Waals surface area contributed by atoms with Crippen LogP contribution in [0.25, 0.3) is 10.8 Å². The van der Waals surface area contributed by atoms with Gasteiger partial charge in [-0.1, -0.05) is 6.07 Å². The van der Waals surface area contributed by atoms with E-state index in [-0.39, 0.29) is 11.5 Å². The highest BCUT2D eigenvalue weighted by Gasteiger charge is 2.18. The van der Waals surface area contributed by atoms with Crippen LogP contribution in [0.2, 0.25) is 0 Å². The number of nitrogens with two attached hydrogens (primary N) is 1. The normalized spacial score (nSPS) is 11.6. The Labute approximate surface area is 96.5 Å². The minimum absolute atomic E-state index is 0.281. The fourth-order valence-electron chi connectivity index (χ4n) is 1.48. The third kappa shape index (κ3) is 2.68. The first-order valence-electron chi connectivity index (χ1n) is 4.62. The number of phenols is 1. The molecule has 6 nitrogen and oxygen atoms in total. The zero-order valence-corrected chi connectivity index (χ0v) is 9.46. The van der Waals surface area contributed by atoms with Crippen molar-refractivity contribution in [3.63, 3.8) is 0 Å². The van der Waals surface area contributed by atoms with E-state index in [1.165, 1.54) is 12.1 Å². The number of fused-ring (bicyclic) bond motifs is 1. The largest absolute Gasteiger partial charge is 0.524 e. The summed E-state index contributed by atoms with van der Waals surface area (Å²) in [5.74, 6) is -0.623. The maximum absolute atomic E-state index is 10.7. The first-order chi connectivity index (χ1) is 7.85. The number of aromatic hydroxyl groups is 1. The topological polar surface area (TPSA) is 113 Å². The molecule has 7 heteroatoms. The van der Waals surface area contributed by atoms with Crippen molar-refractivity contribution in [3.05, 3.63) is 30.3 Å². The SMILES string of the molecule is Nc1ccc2cc(O)c(OP(=O)(O)O)cc2c1. The number of hydrogen-bond acceptors (Lipinski definition) is 4. The Morgan fingerprint density at radius 3 is 2.47 bits per heavy atom. The molecule has 0 spiro atoms. The second-order valence-electron chi connectivity index (χ2n) is 3.51. The number of phosphoric ester groups is 1. The van der Waals surface area contributed by atoms with E-state index in [0.717, 1.165) is 0 Å². The van der Waals surface area contributed by atoms with Gasteiger partial charge in [0.15, 0.2) is 11.5 Å². The maximum Gasteiger partial charge on any atom is 0.524 e. The predicted octanol–water partition coefficient (Wildman–Crippen LogP) is 1.60. The highest BCUT2D eigenvalue weighted by atomic mass is 31.2. The van der Waals surface area contributed by atoms with E-state index in [9.17, 15) is 9.67 Å². The summed E-state index contributed by atoms with van der Waals surface area (Å²) in [6.45, 7) is 0. The second kappa shape index (κ2) is 3.92. The molecule has 5 N–H and O–H groups in total. The summed E-state index contributed by atoms with van der Waals surface area (Å²) in [6, 6.07) is 7.62. The molecular weight excluding hydrogens is 245 g/mol. The number of hydrogen-bond donors (Lipinski definition) is 4. The monoisotopic (exact) mass is 255 g/mol. The predicted molar refractivity (Wildman–Crippen MR) is 62.7 cm³/mol. The van der Waals surface area contributed by atoms with Crippen LogP contribution >= 0.6 is 7.82 Å². The van der Waals surface area contributed by atoms with Gasteiger partial charge in [-0.15, -0.1) is 0 Å². The van der Waals surface area contributed by atoms with Crippen LogP contribution in [0.4, 0.5) is 5.69 Å². The van der Waals surface area contributed by atoms with Crippen LogP contribution in [-0.4, -0.2) is 14.9 Å². The smallest absolute Gasteiger partial charge is 0.504 e. The first kappa shape index (κ1) is 11.7. The first-order valence-corrected chi connectivity index (χ1v) is 6.15. The van der Waals surface area contributed by atoms with Crippen molar-refractivity contribution in [1.29, 1.82) is 0 Å². The lowest BCUT2D eigenvalue weighted by Gasteiger charge is -2.10. The van der Waals surface area contributed by atoms with Crippen LogP contribution in [0.5, 0.6) is 11.5 Å². The summed E-state index contributed by atoms with van der Waals surface area (Å²) in [6.07, 6.45) is 0. The van der Waals surface area contributed by atoms with Gasteiger partial charge >= 0.3 is 7.82 Å². The summed E-state index contributed by atoms with van der Waals surface area (Å²) in [4.78, 5) is 17.4. The lowest BCUT2D eigenvalue weighted by molar-refractivity contribution is 0.278. The molecule has 0 saturated carbocycles. The Kier molecular flexibility index (Phi) is 2.71. The van der Waals surface area contributed by atoms with Gasteiger partial charge in [-0.05, 0) is 35.0 Å². The van der Waals surface area contributed by atoms with Crippen LogP contribution in [0.1, 0.15) is 0 Å². The Morgan fingerprint density at radius 2 is 1.82 bits per heavy atom. The zero-order chi connectivity index (χ0) is 12.6. The molecule has 2 rings (SSSR count). The Balaban J connectivity index is 2.57.